The second kappa shape index (κ2) is 11.9. The topological polar surface area (TPSA) is 137 Å². The van der Waals surface area contributed by atoms with Crippen LogP contribution in [0.3, 0.4) is 0 Å². The van der Waals surface area contributed by atoms with E-state index in [1.165, 1.54) is 6.08 Å². The van der Waals surface area contributed by atoms with Crippen LogP contribution in [0.1, 0.15) is 10.4 Å². The average molecular weight is 538 g/mol. The monoisotopic (exact) mass is 537 g/mol. The van der Waals surface area contributed by atoms with Gasteiger partial charge in [0.25, 0.3) is 5.91 Å². The molecule has 204 valence electrons. The molecule has 2 heterocycles. The molecular weight excluding hydrogens is 506 g/mol. The van der Waals surface area contributed by atoms with Gasteiger partial charge < -0.3 is 26.4 Å². The van der Waals surface area contributed by atoms with E-state index in [-0.39, 0.29) is 12.5 Å². The fourth-order valence-electron chi connectivity index (χ4n) is 4.88. The van der Waals surface area contributed by atoms with Crippen molar-refractivity contribution in [3.8, 4) is 11.1 Å². The minimum absolute atomic E-state index is 0.131. The summed E-state index contributed by atoms with van der Waals surface area (Å²) in [6, 6.07) is 18.8. The van der Waals surface area contributed by atoms with Gasteiger partial charge in [0.2, 0.25) is 11.9 Å². The Bertz CT molecular complexity index is 1560. The summed E-state index contributed by atoms with van der Waals surface area (Å²) >= 11 is 0. The second-order valence-electron chi connectivity index (χ2n) is 9.48. The number of carbonyl (C=O) groups excluding carboxylic acids is 2. The summed E-state index contributed by atoms with van der Waals surface area (Å²) in [5.74, 6) is -0.423. The number of hydrogen-bond donors (Lipinski definition) is 4. The SMILES string of the molecule is C=CC(=O)Nc1cccc(-c2cccc3cnc(Nc4ccc(N5CCN(CCO)CC5)c(C(N)=O)c4)nc23)c1. The van der Waals surface area contributed by atoms with Gasteiger partial charge in [-0.1, -0.05) is 36.9 Å². The Morgan fingerprint density at radius 2 is 1.82 bits per heavy atom. The molecule has 40 heavy (non-hydrogen) atoms. The highest BCUT2D eigenvalue weighted by Crippen LogP contribution is 2.31. The van der Waals surface area contributed by atoms with Crippen LogP contribution in [0.15, 0.2) is 79.5 Å². The van der Waals surface area contributed by atoms with Gasteiger partial charge in [0.05, 0.1) is 17.7 Å². The molecule has 0 bridgehead atoms. The molecule has 0 aliphatic carbocycles. The lowest BCUT2D eigenvalue weighted by Crippen LogP contribution is -2.47. The van der Waals surface area contributed by atoms with E-state index in [1.807, 2.05) is 54.6 Å². The minimum atomic E-state index is -0.512. The zero-order valence-corrected chi connectivity index (χ0v) is 22.0. The third kappa shape index (κ3) is 5.93. The van der Waals surface area contributed by atoms with Crippen LogP contribution < -0.4 is 21.3 Å². The van der Waals surface area contributed by atoms with Crippen molar-refractivity contribution in [1.29, 1.82) is 0 Å². The first-order valence-corrected chi connectivity index (χ1v) is 13.0. The quantitative estimate of drug-likeness (QED) is 0.239. The Kier molecular flexibility index (Phi) is 7.99. The summed E-state index contributed by atoms with van der Waals surface area (Å²) in [6.07, 6.45) is 2.97. The number of nitrogens with zero attached hydrogens (tertiary/aromatic N) is 4. The number of aromatic nitrogens is 2. The number of piperazine rings is 1. The van der Waals surface area contributed by atoms with E-state index in [4.69, 9.17) is 10.7 Å². The van der Waals surface area contributed by atoms with Crippen molar-refractivity contribution in [1.82, 2.24) is 14.9 Å². The summed E-state index contributed by atoms with van der Waals surface area (Å²) in [5.41, 5.74) is 10.8. The molecule has 5 rings (SSSR count). The molecule has 1 aliphatic heterocycles. The molecule has 2 amide bonds. The Balaban J connectivity index is 1.42. The van der Waals surface area contributed by atoms with Gasteiger partial charge in [0.1, 0.15) is 0 Å². The molecule has 1 aromatic heterocycles. The van der Waals surface area contributed by atoms with Gasteiger partial charge in [-0.25, -0.2) is 9.97 Å². The number of aliphatic hydroxyl groups is 1. The standard InChI is InChI=1S/C30H31N7O3/c1-2-27(39)33-22-7-3-5-20(17-22)24-8-4-6-21-19-32-30(35-28(21)24)34-23-9-10-26(25(18-23)29(31)40)37-13-11-36(12-14-37)15-16-38/h2-10,17-19,38H,1,11-16H2,(H2,31,40)(H,33,39)(H,32,34,35). The van der Waals surface area contributed by atoms with Crippen LogP contribution in [0.5, 0.6) is 0 Å². The average Bonchev–Trinajstić information content (AvgIpc) is 2.97. The maximum absolute atomic E-state index is 12.4. The van der Waals surface area contributed by atoms with Gasteiger partial charge >= 0.3 is 0 Å². The predicted octanol–water partition coefficient (Wildman–Crippen LogP) is 3.38. The van der Waals surface area contributed by atoms with Crippen molar-refractivity contribution in [3.05, 3.63) is 85.1 Å². The highest BCUT2D eigenvalue weighted by molar-refractivity contribution is 6.01. The Morgan fingerprint density at radius 3 is 2.58 bits per heavy atom. The van der Waals surface area contributed by atoms with Crippen LogP contribution in [0.25, 0.3) is 22.0 Å². The van der Waals surface area contributed by atoms with Crippen LogP contribution in [-0.2, 0) is 4.79 Å². The van der Waals surface area contributed by atoms with E-state index in [0.717, 1.165) is 53.9 Å². The first-order valence-electron chi connectivity index (χ1n) is 13.0. The maximum atomic E-state index is 12.4. The molecular formula is C30H31N7O3. The Labute approximate surface area is 232 Å². The van der Waals surface area contributed by atoms with Crippen molar-refractivity contribution in [3.63, 3.8) is 0 Å². The van der Waals surface area contributed by atoms with Gasteiger partial charge in [0.15, 0.2) is 0 Å². The van der Waals surface area contributed by atoms with E-state index in [1.54, 1.807) is 12.3 Å². The van der Waals surface area contributed by atoms with Crippen LogP contribution in [0.4, 0.5) is 23.0 Å². The van der Waals surface area contributed by atoms with E-state index < -0.39 is 5.91 Å². The molecule has 0 atom stereocenters. The number of nitrogens with two attached hydrogens (primary N) is 1. The molecule has 10 heteroatoms. The third-order valence-corrected chi connectivity index (χ3v) is 6.88. The number of β-amino-alcohol motifs (C(OH)–C–C–N with tert-alkyl or cyclic N) is 1. The van der Waals surface area contributed by atoms with Crippen molar-refractivity contribution in [2.45, 2.75) is 0 Å². The molecule has 4 aromatic rings. The molecule has 1 saturated heterocycles. The third-order valence-electron chi connectivity index (χ3n) is 6.88. The van der Waals surface area contributed by atoms with Gasteiger partial charge in [-0.3, -0.25) is 14.5 Å². The number of rotatable bonds is 9. The Hall–Kier alpha value is -4.80. The van der Waals surface area contributed by atoms with Crippen molar-refractivity contribution < 1.29 is 14.7 Å². The molecule has 3 aromatic carbocycles. The number of carbonyl (C=O) groups is 2. The van der Waals surface area contributed by atoms with Gasteiger partial charge in [-0.15, -0.1) is 0 Å². The number of aliphatic hydroxyl groups excluding tert-OH is 1. The lowest BCUT2D eigenvalue weighted by Gasteiger charge is -2.36. The summed E-state index contributed by atoms with van der Waals surface area (Å²) < 4.78 is 0. The highest BCUT2D eigenvalue weighted by Gasteiger charge is 2.21. The van der Waals surface area contributed by atoms with Crippen molar-refractivity contribution in [2.24, 2.45) is 5.73 Å². The fourth-order valence-corrected chi connectivity index (χ4v) is 4.88. The largest absolute Gasteiger partial charge is 0.395 e. The Morgan fingerprint density at radius 1 is 1.02 bits per heavy atom. The summed E-state index contributed by atoms with van der Waals surface area (Å²) in [7, 11) is 0. The number of amides is 2. The number of benzene rings is 3. The first-order chi connectivity index (χ1) is 19.4. The molecule has 0 saturated carbocycles. The number of hydrogen-bond acceptors (Lipinski definition) is 8. The number of nitrogens with one attached hydrogen (secondary N) is 2. The number of para-hydroxylation sites is 1. The van der Waals surface area contributed by atoms with E-state index >= 15 is 0 Å². The summed E-state index contributed by atoms with van der Waals surface area (Å²) in [5, 5.41) is 16.1. The smallest absolute Gasteiger partial charge is 0.250 e. The number of primary amides is 1. The molecule has 5 N–H and O–H groups in total. The van der Waals surface area contributed by atoms with Crippen molar-refractivity contribution in [2.75, 3.05) is 54.9 Å². The minimum Gasteiger partial charge on any atom is -0.395 e. The maximum Gasteiger partial charge on any atom is 0.250 e. The summed E-state index contributed by atoms with van der Waals surface area (Å²) in [4.78, 5) is 37.8. The van der Waals surface area contributed by atoms with Crippen molar-refractivity contribution >= 4 is 45.7 Å². The fraction of sp³-hybridized carbons (Fsp3) is 0.200. The zero-order valence-electron chi connectivity index (χ0n) is 22.0. The van der Waals surface area contributed by atoms with E-state index in [0.29, 0.717) is 29.4 Å². The second-order valence-corrected chi connectivity index (χ2v) is 9.48. The normalized spacial score (nSPS) is 13.7. The van der Waals surface area contributed by atoms with Crippen LogP contribution in [-0.4, -0.2) is 71.1 Å². The van der Waals surface area contributed by atoms with Crippen LogP contribution in [0, 0.1) is 0 Å². The van der Waals surface area contributed by atoms with E-state index in [9.17, 15) is 14.7 Å². The molecule has 1 fully saturated rings. The van der Waals surface area contributed by atoms with Crippen LogP contribution in [0.2, 0.25) is 0 Å². The lowest BCUT2D eigenvalue weighted by molar-refractivity contribution is -0.111. The molecule has 0 unspecified atom stereocenters. The number of fused-ring (bicyclic) bond motifs is 1. The predicted molar refractivity (Wildman–Crippen MR) is 158 cm³/mol. The number of anilines is 4. The molecule has 0 radical (unpaired) electrons. The van der Waals surface area contributed by atoms with Crippen LogP contribution >= 0.6 is 0 Å². The van der Waals surface area contributed by atoms with Gasteiger partial charge in [-0.2, -0.15) is 0 Å². The van der Waals surface area contributed by atoms with Gasteiger partial charge in [-0.05, 0) is 42.0 Å². The molecule has 0 spiro atoms. The molecule has 10 nitrogen and oxygen atoms in total. The van der Waals surface area contributed by atoms with Gasteiger partial charge in [0, 0.05) is 66.9 Å². The molecule has 1 aliphatic rings. The van der Waals surface area contributed by atoms with E-state index in [2.05, 4.69) is 32.0 Å². The lowest BCUT2D eigenvalue weighted by atomic mass is 10.0. The zero-order chi connectivity index (χ0) is 28.1. The first kappa shape index (κ1) is 26.8. The highest BCUT2D eigenvalue weighted by atomic mass is 16.3. The summed E-state index contributed by atoms with van der Waals surface area (Å²) in [6.45, 7) is 7.35.